The lowest BCUT2D eigenvalue weighted by molar-refractivity contribution is 0.120. The molecular weight excluding hydrogens is 164 g/mol. The van der Waals surface area contributed by atoms with Crippen LogP contribution in [-0.2, 0) is 0 Å². The molecule has 1 N–H and O–H groups in total. The van der Waals surface area contributed by atoms with Crippen molar-refractivity contribution in [2.45, 2.75) is 25.4 Å². The molecule has 13 heavy (non-hydrogen) atoms. The summed E-state index contributed by atoms with van der Waals surface area (Å²) in [6.45, 7) is 0. The van der Waals surface area contributed by atoms with Crippen LogP contribution in [0.5, 0.6) is 5.75 Å². The Hall–Kier alpha value is -1.25. The van der Waals surface area contributed by atoms with Crippen LogP contribution in [0, 0.1) is 0 Å². The minimum atomic E-state index is 0.425. The monoisotopic (exact) mass is 178 g/mol. The summed E-state index contributed by atoms with van der Waals surface area (Å²) < 4.78 is 5.69. The summed E-state index contributed by atoms with van der Waals surface area (Å²) >= 11 is 0. The Kier molecular flexibility index (Phi) is 2.34. The number of nitrogens with one attached hydrogen (secondary N) is 1. The van der Waals surface area contributed by atoms with Crippen LogP contribution in [0.25, 0.3) is 0 Å². The Morgan fingerprint density at radius 3 is 2.92 bits per heavy atom. The normalized spacial score (nSPS) is 16.4. The van der Waals surface area contributed by atoms with Crippen molar-refractivity contribution in [3.8, 4) is 5.75 Å². The molecule has 1 aromatic heterocycles. The molecular formula is C10H14N2O. The molecule has 0 unspecified atom stereocenters. The third-order valence-electron chi connectivity index (χ3n) is 2.36. The molecule has 3 heteroatoms. The lowest BCUT2D eigenvalue weighted by Crippen LogP contribution is -2.24. The van der Waals surface area contributed by atoms with E-state index in [1.807, 2.05) is 13.1 Å². The second-order valence-corrected chi connectivity index (χ2v) is 3.33. The van der Waals surface area contributed by atoms with Gasteiger partial charge in [-0.3, -0.25) is 4.98 Å². The maximum absolute atomic E-state index is 5.69. The first kappa shape index (κ1) is 8.35. The van der Waals surface area contributed by atoms with Crippen LogP contribution in [0.3, 0.4) is 0 Å². The topological polar surface area (TPSA) is 34.2 Å². The highest BCUT2D eigenvalue weighted by atomic mass is 16.5. The Balaban J connectivity index is 2.01. The largest absolute Gasteiger partial charge is 0.489 e. The van der Waals surface area contributed by atoms with Gasteiger partial charge in [-0.1, -0.05) is 0 Å². The quantitative estimate of drug-likeness (QED) is 0.769. The van der Waals surface area contributed by atoms with Crippen molar-refractivity contribution >= 4 is 5.69 Å². The Morgan fingerprint density at radius 1 is 1.46 bits per heavy atom. The molecule has 0 amide bonds. The summed E-state index contributed by atoms with van der Waals surface area (Å²) in [7, 11) is 1.88. The van der Waals surface area contributed by atoms with Gasteiger partial charge in [0, 0.05) is 13.1 Å². The number of hydrogen-bond donors (Lipinski definition) is 1. The van der Waals surface area contributed by atoms with Gasteiger partial charge in [0.15, 0.2) is 0 Å². The zero-order chi connectivity index (χ0) is 9.10. The molecule has 70 valence electrons. The minimum Gasteiger partial charge on any atom is -0.489 e. The van der Waals surface area contributed by atoms with E-state index < -0.39 is 0 Å². The van der Waals surface area contributed by atoms with Gasteiger partial charge in [0.2, 0.25) is 0 Å². The van der Waals surface area contributed by atoms with Crippen LogP contribution in [0.2, 0.25) is 0 Å². The molecule has 1 aromatic rings. The SMILES string of the molecule is CNc1cncc(OC2CCC2)c1. The molecule has 1 aliphatic carbocycles. The van der Waals surface area contributed by atoms with E-state index in [1.54, 1.807) is 12.4 Å². The minimum absolute atomic E-state index is 0.425. The molecule has 1 saturated carbocycles. The molecule has 1 aliphatic rings. The van der Waals surface area contributed by atoms with Crippen molar-refractivity contribution in [1.82, 2.24) is 4.98 Å². The first-order valence-electron chi connectivity index (χ1n) is 4.68. The van der Waals surface area contributed by atoms with E-state index in [4.69, 9.17) is 4.74 Å². The predicted octanol–water partition coefficient (Wildman–Crippen LogP) is 2.05. The standard InChI is InChI=1S/C10H14N2O/c1-11-8-5-10(7-12-6-8)13-9-3-2-4-9/h5-7,9,11H,2-4H2,1H3. The summed E-state index contributed by atoms with van der Waals surface area (Å²) in [5, 5.41) is 3.03. The molecule has 0 atom stereocenters. The van der Waals surface area contributed by atoms with E-state index in [2.05, 4.69) is 10.3 Å². The molecule has 0 aliphatic heterocycles. The lowest BCUT2D eigenvalue weighted by Gasteiger charge is -2.26. The van der Waals surface area contributed by atoms with Gasteiger partial charge in [0.25, 0.3) is 0 Å². The highest BCUT2D eigenvalue weighted by molar-refractivity contribution is 5.44. The summed E-state index contributed by atoms with van der Waals surface area (Å²) in [5.41, 5.74) is 0.997. The Morgan fingerprint density at radius 2 is 2.31 bits per heavy atom. The zero-order valence-corrected chi connectivity index (χ0v) is 7.79. The van der Waals surface area contributed by atoms with Gasteiger partial charge in [-0.2, -0.15) is 0 Å². The number of ether oxygens (including phenoxy) is 1. The van der Waals surface area contributed by atoms with E-state index in [-0.39, 0.29) is 0 Å². The van der Waals surface area contributed by atoms with Crippen LogP contribution in [0.1, 0.15) is 19.3 Å². The fourth-order valence-corrected chi connectivity index (χ4v) is 1.30. The molecule has 0 saturated heterocycles. The van der Waals surface area contributed by atoms with Crippen molar-refractivity contribution in [3.05, 3.63) is 18.5 Å². The Bertz CT molecular complexity index is 284. The van der Waals surface area contributed by atoms with Gasteiger partial charge in [-0.25, -0.2) is 0 Å². The number of aromatic nitrogens is 1. The van der Waals surface area contributed by atoms with Crippen LogP contribution in [0.4, 0.5) is 5.69 Å². The van der Waals surface area contributed by atoms with E-state index in [9.17, 15) is 0 Å². The molecule has 0 radical (unpaired) electrons. The van der Waals surface area contributed by atoms with Gasteiger partial charge >= 0.3 is 0 Å². The maximum atomic E-state index is 5.69. The lowest BCUT2D eigenvalue weighted by atomic mass is 9.96. The van der Waals surface area contributed by atoms with Crippen LogP contribution < -0.4 is 10.1 Å². The fraction of sp³-hybridized carbons (Fsp3) is 0.500. The molecule has 0 aromatic carbocycles. The maximum Gasteiger partial charge on any atom is 0.140 e. The second-order valence-electron chi connectivity index (χ2n) is 3.33. The summed E-state index contributed by atoms with van der Waals surface area (Å²) in [5.74, 6) is 0.872. The summed E-state index contributed by atoms with van der Waals surface area (Å²) in [6, 6.07) is 1.98. The van der Waals surface area contributed by atoms with Crippen molar-refractivity contribution < 1.29 is 4.74 Å². The Labute approximate surface area is 78.1 Å². The molecule has 3 nitrogen and oxygen atoms in total. The van der Waals surface area contributed by atoms with Gasteiger partial charge < -0.3 is 10.1 Å². The molecule has 0 spiro atoms. The second kappa shape index (κ2) is 3.64. The number of rotatable bonds is 3. The highest BCUT2D eigenvalue weighted by Crippen LogP contribution is 2.25. The average molecular weight is 178 g/mol. The number of hydrogen-bond acceptors (Lipinski definition) is 3. The molecule has 2 rings (SSSR count). The van der Waals surface area contributed by atoms with Crippen LogP contribution in [-0.4, -0.2) is 18.1 Å². The fourth-order valence-electron chi connectivity index (χ4n) is 1.30. The molecule has 0 bridgehead atoms. The van der Waals surface area contributed by atoms with E-state index in [1.165, 1.54) is 19.3 Å². The van der Waals surface area contributed by atoms with Gasteiger partial charge in [-0.05, 0) is 19.3 Å². The highest BCUT2D eigenvalue weighted by Gasteiger charge is 2.18. The smallest absolute Gasteiger partial charge is 0.140 e. The van der Waals surface area contributed by atoms with E-state index in [0.29, 0.717) is 6.10 Å². The number of anilines is 1. The van der Waals surface area contributed by atoms with E-state index >= 15 is 0 Å². The number of nitrogens with zero attached hydrogens (tertiary/aromatic N) is 1. The first-order chi connectivity index (χ1) is 6.38. The average Bonchev–Trinajstić information content (AvgIpc) is 2.12. The third kappa shape index (κ3) is 1.91. The van der Waals surface area contributed by atoms with Gasteiger partial charge in [0.1, 0.15) is 5.75 Å². The van der Waals surface area contributed by atoms with E-state index in [0.717, 1.165) is 11.4 Å². The molecule has 1 fully saturated rings. The number of pyridine rings is 1. The summed E-state index contributed by atoms with van der Waals surface area (Å²) in [6.07, 6.45) is 7.64. The summed E-state index contributed by atoms with van der Waals surface area (Å²) in [4.78, 5) is 4.08. The van der Waals surface area contributed by atoms with Crippen molar-refractivity contribution in [3.63, 3.8) is 0 Å². The van der Waals surface area contributed by atoms with Gasteiger partial charge in [-0.15, -0.1) is 0 Å². The van der Waals surface area contributed by atoms with Crippen molar-refractivity contribution in [1.29, 1.82) is 0 Å². The third-order valence-corrected chi connectivity index (χ3v) is 2.36. The predicted molar refractivity (Wildman–Crippen MR) is 52.1 cm³/mol. The van der Waals surface area contributed by atoms with Crippen molar-refractivity contribution in [2.24, 2.45) is 0 Å². The van der Waals surface area contributed by atoms with Crippen LogP contribution >= 0.6 is 0 Å². The molecule has 1 heterocycles. The zero-order valence-electron chi connectivity index (χ0n) is 7.79. The van der Waals surface area contributed by atoms with Crippen molar-refractivity contribution in [2.75, 3.05) is 12.4 Å². The van der Waals surface area contributed by atoms with Gasteiger partial charge in [0.05, 0.1) is 24.2 Å². The van der Waals surface area contributed by atoms with Crippen LogP contribution in [0.15, 0.2) is 18.5 Å². The first-order valence-corrected chi connectivity index (χ1v) is 4.68.